The number of nitrogens with zero attached hydrogens (tertiary/aromatic N) is 1. The van der Waals surface area contributed by atoms with Gasteiger partial charge in [-0.05, 0) is 116 Å². The van der Waals surface area contributed by atoms with Crippen LogP contribution in [0.4, 0.5) is 0 Å². The summed E-state index contributed by atoms with van der Waals surface area (Å²) in [6.45, 7) is 7.96. The van der Waals surface area contributed by atoms with Crippen LogP contribution in [-0.4, -0.2) is 37.1 Å². The molecule has 0 aliphatic heterocycles. The summed E-state index contributed by atoms with van der Waals surface area (Å²) in [5.41, 5.74) is 9.36. The molecule has 0 saturated carbocycles. The van der Waals surface area contributed by atoms with Crippen molar-refractivity contribution in [2.24, 2.45) is 0 Å². The van der Waals surface area contributed by atoms with Gasteiger partial charge in [0.2, 0.25) is 5.89 Å². The molecule has 70 heavy (non-hydrogen) atoms. The Morgan fingerprint density at radius 3 is 1.24 bits per heavy atom. The molecule has 0 saturated heterocycles. The molecule has 354 valence electrons. The van der Waals surface area contributed by atoms with Gasteiger partial charge in [0.1, 0.15) is 41.9 Å². The third kappa shape index (κ3) is 14.3. The second-order valence-electron chi connectivity index (χ2n) is 16.6. The van der Waals surface area contributed by atoms with Gasteiger partial charge in [0.05, 0.1) is 19.4 Å². The zero-order valence-corrected chi connectivity index (χ0v) is 40.7. The fourth-order valence-corrected chi connectivity index (χ4v) is 8.24. The Balaban J connectivity index is 0.000000156. The van der Waals surface area contributed by atoms with Crippen molar-refractivity contribution in [1.82, 2.24) is 4.98 Å². The number of furan rings is 1. The van der Waals surface area contributed by atoms with Crippen LogP contribution in [0.15, 0.2) is 185 Å². The normalized spacial score (nSPS) is 10.6. The summed E-state index contributed by atoms with van der Waals surface area (Å²) < 4.78 is 23.2. The number of carbonyl (C=O) groups is 3. The van der Waals surface area contributed by atoms with Crippen LogP contribution in [0.2, 0.25) is 0 Å². The maximum absolute atomic E-state index is 10.8. The molecule has 3 aromatic heterocycles. The van der Waals surface area contributed by atoms with Crippen LogP contribution in [0, 0.1) is 6.92 Å². The van der Waals surface area contributed by atoms with E-state index in [1.165, 1.54) is 46.6 Å². The number of rotatable bonds is 19. The highest BCUT2D eigenvalue weighted by atomic mass is 32.1. The zero-order valence-electron chi connectivity index (χ0n) is 39.8. The Morgan fingerprint density at radius 2 is 0.814 bits per heavy atom. The molecule has 0 aliphatic carbocycles. The number of aryl methyl sites for hydroxylation is 1. The van der Waals surface area contributed by atoms with Gasteiger partial charge in [-0.1, -0.05) is 130 Å². The molecular formula is C61H57NO7S. The van der Waals surface area contributed by atoms with Gasteiger partial charge in [0, 0.05) is 48.7 Å². The number of aromatic nitrogens is 1. The molecule has 8 nitrogen and oxygen atoms in total. The highest BCUT2D eigenvalue weighted by Crippen LogP contribution is 2.35. The largest absolute Gasteiger partial charge is 0.494 e. The number of hydrogen-bond donors (Lipinski definition) is 0. The Bertz CT molecular complexity index is 2840. The molecule has 9 aromatic rings. The standard InChI is InChI=1S/C22H22O3.C22H22O2S.C17H13NO2/c2*1-2-3-4-15-24-20-11-9-19(10-12-20)22-14-13-21(25-22)18-7-5-17(16-23)6-8-18;1-12-2-6-15(7-3-12)17-18-10-16(20-17)14-8-4-13(11-19)5-9-14/h2*5-14,16H,2-4,15H2,1H3;2-11H,1H3. The number of oxazole rings is 1. The van der Waals surface area contributed by atoms with Gasteiger partial charge in [0.15, 0.2) is 5.76 Å². The first-order chi connectivity index (χ1) is 34.4. The van der Waals surface area contributed by atoms with Crippen LogP contribution in [0.1, 0.15) is 89.0 Å². The average Bonchev–Trinajstić information content (AvgIpc) is 4.24. The lowest BCUT2D eigenvalue weighted by atomic mass is 10.1. The molecule has 0 spiro atoms. The smallest absolute Gasteiger partial charge is 0.226 e. The van der Waals surface area contributed by atoms with Crippen molar-refractivity contribution >= 4 is 30.2 Å². The van der Waals surface area contributed by atoms with Gasteiger partial charge < -0.3 is 18.3 Å². The zero-order chi connectivity index (χ0) is 48.9. The first kappa shape index (κ1) is 50.0. The number of hydrogen-bond acceptors (Lipinski definition) is 9. The molecule has 9 heteroatoms. The van der Waals surface area contributed by atoms with E-state index in [0.717, 1.165) is 95.8 Å². The summed E-state index contributed by atoms with van der Waals surface area (Å²) in [4.78, 5) is 38.9. The number of aldehydes is 3. The molecule has 3 heterocycles. The predicted molar refractivity (Wildman–Crippen MR) is 283 cm³/mol. The highest BCUT2D eigenvalue weighted by Gasteiger charge is 2.10. The van der Waals surface area contributed by atoms with E-state index in [-0.39, 0.29) is 0 Å². The van der Waals surface area contributed by atoms with Gasteiger partial charge >= 0.3 is 0 Å². The quantitative estimate of drug-likeness (QED) is 0.0582. The van der Waals surface area contributed by atoms with E-state index < -0.39 is 0 Å². The lowest BCUT2D eigenvalue weighted by molar-refractivity contribution is 0.111. The van der Waals surface area contributed by atoms with Crippen LogP contribution >= 0.6 is 11.3 Å². The molecule has 0 bridgehead atoms. The van der Waals surface area contributed by atoms with Gasteiger partial charge in [-0.25, -0.2) is 4.98 Å². The monoisotopic (exact) mass is 947 g/mol. The van der Waals surface area contributed by atoms with E-state index in [0.29, 0.717) is 28.3 Å². The second-order valence-corrected chi connectivity index (χ2v) is 17.7. The van der Waals surface area contributed by atoms with Crippen molar-refractivity contribution in [3.63, 3.8) is 0 Å². The van der Waals surface area contributed by atoms with Crippen molar-refractivity contribution in [3.8, 4) is 77.8 Å². The van der Waals surface area contributed by atoms with Crippen LogP contribution in [0.5, 0.6) is 11.5 Å². The van der Waals surface area contributed by atoms with Gasteiger partial charge in [0.25, 0.3) is 0 Å². The molecule has 9 rings (SSSR count). The first-order valence-electron chi connectivity index (χ1n) is 23.7. The van der Waals surface area contributed by atoms with Crippen LogP contribution in [-0.2, 0) is 0 Å². The van der Waals surface area contributed by atoms with Crippen molar-refractivity contribution in [1.29, 1.82) is 0 Å². The van der Waals surface area contributed by atoms with E-state index >= 15 is 0 Å². The Hall–Kier alpha value is -7.88. The van der Waals surface area contributed by atoms with Crippen molar-refractivity contribution in [3.05, 3.63) is 198 Å². The van der Waals surface area contributed by atoms with E-state index in [2.05, 4.69) is 43.1 Å². The fourth-order valence-electron chi connectivity index (χ4n) is 7.23. The van der Waals surface area contributed by atoms with Crippen molar-refractivity contribution in [2.45, 2.75) is 59.3 Å². The topological polar surface area (TPSA) is 109 Å². The van der Waals surface area contributed by atoms with Crippen molar-refractivity contribution < 1.29 is 32.7 Å². The SMILES string of the molecule is CCCCCOc1ccc(-c2ccc(-c3ccc(C=O)cc3)o2)cc1.CCCCCOc1ccc(-c2ccc(-c3ccc(C=O)cc3)s2)cc1.Cc1ccc(-c2ncc(-c3ccc(C=O)cc3)o2)cc1. The van der Waals surface area contributed by atoms with Crippen LogP contribution < -0.4 is 9.47 Å². The van der Waals surface area contributed by atoms with Gasteiger partial charge in [-0.3, -0.25) is 14.4 Å². The van der Waals surface area contributed by atoms with Gasteiger partial charge in [-0.15, -0.1) is 11.3 Å². The van der Waals surface area contributed by atoms with Crippen LogP contribution in [0.25, 0.3) is 66.3 Å². The lowest BCUT2D eigenvalue weighted by Gasteiger charge is -2.06. The highest BCUT2D eigenvalue weighted by molar-refractivity contribution is 7.18. The number of unbranched alkanes of at least 4 members (excludes halogenated alkanes) is 4. The number of benzene rings is 6. The molecule has 0 radical (unpaired) electrons. The van der Waals surface area contributed by atoms with Gasteiger partial charge in [-0.2, -0.15) is 0 Å². The summed E-state index contributed by atoms with van der Waals surface area (Å²) in [5, 5.41) is 0. The molecule has 6 aromatic carbocycles. The third-order valence-corrected chi connectivity index (χ3v) is 12.5. The van der Waals surface area contributed by atoms with E-state index in [1.54, 1.807) is 41.8 Å². The molecule has 0 N–H and O–H groups in total. The maximum atomic E-state index is 10.8. The van der Waals surface area contributed by atoms with Crippen LogP contribution in [0.3, 0.4) is 0 Å². The summed E-state index contributed by atoms with van der Waals surface area (Å²) in [5.74, 6) is 4.70. The third-order valence-electron chi connectivity index (χ3n) is 11.3. The summed E-state index contributed by atoms with van der Waals surface area (Å²) in [6.07, 6.45) is 11.2. The minimum Gasteiger partial charge on any atom is -0.494 e. The Labute approximate surface area is 414 Å². The molecule has 0 fully saturated rings. The maximum Gasteiger partial charge on any atom is 0.226 e. The number of carbonyl (C=O) groups excluding carboxylic acids is 3. The Kier molecular flexibility index (Phi) is 18.6. The predicted octanol–water partition coefficient (Wildman–Crippen LogP) is 16.6. The number of ether oxygens (including phenoxy) is 2. The number of thiophene rings is 1. The minimum absolute atomic E-state index is 0.597. The fraction of sp³-hybridized carbons (Fsp3) is 0.180. The summed E-state index contributed by atoms with van der Waals surface area (Å²) in [7, 11) is 0. The summed E-state index contributed by atoms with van der Waals surface area (Å²) >= 11 is 1.75. The van der Waals surface area contributed by atoms with E-state index in [9.17, 15) is 14.4 Å². The average molecular weight is 948 g/mol. The molecule has 0 unspecified atom stereocenters. The van der Waals surface area contributed by atoms with Crippen molar-refractivity contribution in [2.75, 3.05) is 13.2 Å². The molecule has 0 atom stereocenters. The summed E-state index contributed by atoms with van der Waals surface area (Å²) in [6, 6.07) is 54.7. The molecule has 0 aliphatic rings. The molecule has 0 amide bonds. The lowest BCUT2D eigenvalue weighted by Crippen LogP contribution is -1.96. The second kappa shape index (κ2) is 26.0. The Morgan fingerprint density at radius 1 is 0.429 bits per heavy atom. The minimum atomic E-state index is 0.597. The first-order valence-corrected chi connectivity index (χ1v) is 24.5. The van der Waals surface area contributed by atoms with E-state index in [4.69, 9.17) is 18.3 Å². The van der Waals surface area contributed by atoms with E-state index in [1.807, 2.05) is 128 Å². The molecular weight excluding hydrogens is 891 g/mol.